The molecule has 0 aliphatic heterocycles. The second-order valence-electron chi connectivity index (χ2n) is 4.90. The highest BCUT2D eigenvalue weighted by Crippen LogP contribution is 2.36. The number of anilines is 2. The Labute approximate surface area is 107 Å². The van der Waals surface area contributed by atoms with Crippen LogP contribution < -0.4 is 11.1 Å². The summed E-state index contributed by atoms with van der Waals surface area (Å²) in [4.78, 5) is 6.49. The predicted octanol–water partition coefficient (Wildman–Crippen LogP) is 2.21. The highest BCUT2D eigenvalue weighted by molar-refractivity contribution is 6.29. The highest BCUT2D eigenvalue weighted by atomic mass is 35.5. The van der Waals surface area contributed by atoms with Crippen LogP contribution in [0.2, 0.25) is 5.15 Å². The molecule has 1 aromatic heterocycles. The van der Waals surface area contributed by atoms with Crippen LogP contribution in [-0.4, -0.2) is 36.1 Å². The Kier molecular flexibility index (Phi) is 3.45. The first-order valence-electron chi connectivity index (χ1n) is 5.87. The average Bonchev–Trinajstić information content (AvgIpc) is 2.21. The lowest BCUT2D eigenvalue weighted by molar-refractivity contribution is 0.0738. The number of nitrogens with one attached hydrogen (secondary N) is 1. The van der Waals surface area contributed by atoms with E-state index in [0.29, 0.717) is 16.7 Å². The van der Waals surface area contributed by atoms with Crippen molar-refractivity contribution in [3.63, 3.8) is 0 Å². The molecule has 1 saturated carbocycles. The van der Waals surface area contributed by atoms with Crippen molar-refractivity contribution in [2.45, 2.75) is 24.8 Å². The summed E-state index contributed by atoms with van der Waals surface area (Å²) in [6.45, 7) is 0.859. The molecule has 17 heavy (non-hydrogen) atoms. The third-order valence-electron chi connectivity index (χ3n) is 3.71. The molecule has 0 bridgehead atoms. The predicted molar refractivity (Wildman–Crippen MR) is 72.4 cm³/mol. The maximum atomic E-state index is 5.86. The Morgan fingerprint density at radius 1 is 1.47 bits per heavy atom. The minimum absolute atomic E-state index is 0.246. The lowest BCUT2D eigenvalue weighted by Crippen LogP contribution is -2.54. The van der Waals surface area contributed by atoms with Gasteiger partial charge in [0.25, 0.3) is 0 Å². The Morgan fingerprint density at radius 2 is 2.18 bits per heavy atom. The molecule has 94 valence electrons. The SMILES string of the molecule is CN(C)C1(CNc2nc(Cl)ccc2N)CCC1. The van der Waals surface area contributed by atoms with Gasteiger partial charge in [0.05, 0.1) is 5.69 Å². The van der Waals surface area contributed by atoms with Crippen molar-refractivity contribution in [3.05, 3.63) is 17.3 Å². The van der Waals surface area contributed by atoms with Crippen LogP contribution in [0.25, 0.3) is 0 Å². The molecular weight excluding hydrogens is 236 g/mol. The third kappa shape index (κ3) is 2.48. The zero-order chi connectivity index (χ0) is 12.5. The molecule has 0 spiro atoms. The van der Waals surface area contributed by atoms with Gasteiger partial charge in [-0.3, -0.25) is 0 Å². The van der Waals surface area contributed by atoms with Crippen molar-refractivity contribution in [2.24, 2.45) is 0 Å². The number of nitrogen functional groups attached to an aromatic ring is 1. The van der Waals surface area contributed by atoms with Crippen LogP contribution in [-0.2, 0) is 0 Å². The zero-order valence-electron chi connectivity index (χ0n) is 10.3. The van der Waals surface area contributed by atoms with Gasteiger partial charge in [-0.25, -0.2) is 4.98 Å². The zero-order valence-corrected chi connectivity index (χ0v) is 11.1. The summed E-state index contributed by atoms with van der Waals surface area (Å²) in [6.07, 6.45) is 3.72. The molecule has 0 atom stereocenters. The number of halogens is 1. The number of likely N-dealkylation sites (N-methyl/N-ethyl adjacent to an activating group) is 1. The quantitative estimate of drug-likeness (QED) is 0.809. The van der Waals surface area contributed by atoms with Crippen molar-refractivity contribution in [1.29, 1.82) is 0 Å². The van der Waals surface area contributed by atoms with Crippen molar-refractivity contribution in [2.75, 3.05) is 31.7 Å². The van der Waals surface area contributed by atoms with Gasteiger partial charge in [-0.15, -0.1) is 0 Å². The Hall–Kier alpha value is -1.00. The van der Waals surface area contributed by atoms with E-state index in [4.69, 9.17) is 17.3 Å². The lowest BCUT2D eigenvalue weighted by atomic mass is 9.75. The monoisotopic (exact) mass is 254 g/mol. The van der Waals surface area contributed by atoms with Gasteiger partial charge in [0, 0.05) is 12.1 Å². The van der Waals surface area contributed by atoms with Gasteiger partial charge in [0.1, 0.15) is 5.15 Å². The molecule has 0 unspecified atom stereocenters. The van der Waals surface area contributed by atoms with Crippen LogP contribution in [0, 0.1) is 0 Å². The fourth-order valence-corrected chi connectivity index (χ4v) is 2.35. The first-order chi connectivity index (χ1) is 8.03. The second kappa shape index (κ2) is 4.70. The maximum absolute atomic E-state index is 5.86. The molecule has 1 fully saturated rings. The summed E-state index contributed by atoms with van der Waals surface area (Å²) < 4.78 is 0. The van der Waals surface area contributed by atoms with E-state index in [0.717, 1.165) is 6.54 Å². The number of hydrogen-bond donors (Lipinski definition) is 2. The number of rotatable bonds is 4. The molecule has 1 aliphatic carbocycles. The van der Waals surface area contributed by atoms with Crippen molar-refractivity contribution in [3.8, 4) is 0 Å². The fourth-order valence-electron chi connectivity index (χ4n) is 2.20. The first kappa shape index (κ1) is 12.5. The minimum atomic E-state index is 0.246. The molecule has 0 aromatic carbocycles. The normalized spacial score (nSPS) is 17.9. The van der Waals surface area contributed by atoms with E-state index in [1.807, 2.05) is 0 Å². The second-order valence-corrected chi connectivity index (χ2v) is 5.28. The third-order valence-corrected chi connectivity index (χ3v) is 3.92. The summed E-state index contributed by atoms with van der Waals surface area (Å²) in [5.41, 5.74) is 6.74. The van der Waals surface area contributed by atoms with Gasteiger partial charge < -0.3 is 16.0 Å². The number of aromatic nitrogens is 1. The summed E-state index contributed by atoms with van der Waals surface area (Å²) in [7, 11) is 4.24. The van der Waals surface area contributed by atoms with Gasteiger partial charge in [0.15, 0.2) is 5.82 Å². The van der Waals surface area contributed by atoms with Crippen LogP contribution in [0.15, 0.2) is 12.1 Å². The Morgan fingerprint density at radius 3 is 2.71 bits per heavy atom. The van der Waals surface area contributed by atoms with Crippen molar-refractivity contribution >= 4 is 23.1 Å². The van der Waals surface area contributed by atoms with E-state index in [1.54, 1.807) is 12.1 Å². The molecule has 2 rings (SSSR count). The Balaban J connectivity index is 2.04. The van der Waals surface area contributed by atoms with Gasteiger partial charge in [0.2, 0.25) is 0 Å². The van der Waals surface area contributed by atoms with E-state index >= 15 is 0 Å². The highest BCUT2D eigenvalue weighted by Gasteiger charge is 2.38. The molecule has 3 N–H and O–H groups in total. The summed E-state index contributed by atoms with van der Waals surface area (Å²) in [5, 5.41) is 3.78. The summed E-state index contributed by atoms with van der Waals surface area (Å²) in [5.74, 6) is 0.686. The smallest absolute Gasteiger partial charge is 0.151 e. The average molecular weight is 255 g/mol. The van der Waals surface area contributed by atoms with E-state index in [1.165, 1.54) is 19.3 Å². The minimum Gasteiger partial charge on any atom is -0.396 e. The topological polar surface area (TPSA) is 54.2 Å². The number of nitrogens with two attached hydrogens (primary N) is 1. The van der Waals surface area contributed by atoms with Gasteiger partial charge in [-0.2, -0.15) is 0 Å². The van der Waals surface area contributed by atoms with E-state index in [-0.39, 0.29) is 5.54 Å². The maximum Gasteiger partial charge on any atom is 0.151 e. The van der Waals surface area contributed by atoms with Crippen LogP contribution in [0.3, 0.4) is 0 Å². The molecule has 4 nitrogen and oxygen atoms in total. The number of pyridine rings is 1. The number of hydrogen-bond acceptors (Lipinski definition) is 4. The van der Waals surface area contributed by atoms with Crippen LogP contribution >= 0.6 is 11.6 Å². The molecular formula is C12H19ClN4. The molecule has 0 amide bonds. The van der Waals surface area contributed by atoms with Crippen molar-refractivity contribution < 1.29 is 0 Å². The van der Waals surface area contributed by atoms with Crippen molar-refractivity contribution in [1.82, 2.24) is 9.88 Å². The van der Waals surface area contributed by atoms with Gasteiger partial charge in [-0.1, -0.05) is 11.6 Å². The van der Waals surface area contributed by atoms with E-state index in [2.05, 4.69) is 29.3 Å². The molecule has 1 aromatic rings. The summed E-state index contributed by atoms with van der Waals surface area (Å²) in [6, 6.07) is 3.48. The largest absolute Gasteiger partial charge is 0.396 e. The lowest BCUT2D eigenvalue weighted by Gasteiger charge is -2.47. The molecule has 1 aliphatic rings. The standard InChI is InChI=1S/C12H19ClN4/c1-17(2)12(6-3-7-12)8-15-11-9(14)4-5-10(13)16-11/h4-5H,3,6-8,14H2,1-2H3,(H,15,16). The molecule has 0 radical (unpaired) electrons. The summed E-state index contributed by atoms with van der Waals surface area (Å²) >= 11 is 5.86. The molecule has 5 heteroatoms. The number of nitrogens with zero attached hydrogens (tertiary/aromatic N) is 2. The fraction of sp³-hybridized carbons (Fsp3) is 0.583. The Bertz CT molecular complexity index is 401. The van der Waals surface area contributed by atoms with Crippen LogP contribution in [0.5, 0.6) is 0 Å². The van der Waals surface area contributed by atoms with E-state index < -0.39 is 0 Å². The van der Waals surface area contributed by atoms with Gasteiger partial charge >= 0.3 is 0 Å². The van der Waals surface area contributed by atoms with Crippen LogP contribution in [0.4, 0.5) is 11.5 Å². The van der Waals surface area contributed by atoms with E-state index in [9.17, 15) is 0 Å². The van der Waals surface area contributed by atoms with Crippen LogP contribution in [0.1, 0.15) is 19.3 Å². The molecule has 0 saturated heterocycles. The first-order valence-corrected chi connectivity index (χ1v) is 6.25. The molecule has 1 heterocycles. The van der Waals surface area contributed by atoms with Gasteiger partial charge in [-0.05, 0) is 45.5 Å².